The number of aryl methyl sites for hydroxylation is 2. The highest BCUT2D eigenvalue weighted by Gasteiger charge is 2.22. The summed E-state index contributed by atoms with van der Waals surface area (Å²) in [6.45, 7) is 3.33. The standard InChI is InChI=1S/C7H7ClN4O2S3/c1-3-5(16-6(8)9-3)17(13,14)12-7-11-10-4(2)15-7/h1-2H3,(H,11,12). The van der Waals surface area contributed by atoms with Gasteiger partial charge in [0, 0.05) is 0 Å². The van der Waals surface area contributed by atoms with E-state index in [2.05, 4.69) is 19.9 Å². The van der Waals surface area contributed by atoms with E-state index in [-0.39, 0.29) is 13.8 Å². The fourth-order valence-corrected chi connectivity index (χ4v) is 4.66. The molecule has 0 aliphatic rings. The Labute approximate surface area is 111 Å². The van der Waals surface area contributed by atoms with Crippen molar-refractivity contribution >= 4 is 49.4 Å². The quantitative estimate of drug-likeness (QED) is 0.938. The molecule has 0 spiro atoms. The Morgan fingerprint density at radius 3 is 2.41 bits per heavy atom. The van der Waals surface area contributed by atoms with Crippen LogP contribution in [-0.2, 0) is 10.0 Å². The second-order valence-corrected chi connectivity index (χ2v) is 7.71. The number of sulfonamides is 1. The average molecular weight is 311 g/mol. The van der Waals surface area contributed by atoms with Gasteiger partial charge in [0.25, 0.3) is 10.0 Å². The molecule has 2 aromatic heterocycles. The lowest BCUT2D eigenvalue weighted by Crippen LogP contribution is -2.12. The van der Waals surface area contributed by atoms with Crippen LogP contribution in [0.2, 0.25) is 4.47 Å². The summed E-state index contributed by atoms with van der Waals surface area (Å²) in [7, 11) is -3.68. The lowest BCUT2D eigenvalue weighted by molar-refractivity contribution is 0.602. The first-order valence-electron chi connectivity index (χ1n) is 4.34. The van der Waals surface area contributed by atoms with Crippen molar-refractivity contribution in [1.29, 1.82) is 0 Å². The molecule has 0 aromatic carbocycles. The van der Waals surface area contributed by atoms with Gasteiger partial charge >= 0.3 is 0 Å². The molecule has 0 unspecified atom stereocenters. The van der Waals surface area contributed by atoms with Crippen LogP contribution in [0.3, 0.4) is 0 Å². The minimum atomic E-state index is -3.68. The zero-order chi connectivity index (χ0) is 12.6. The lowest BCUT2D eigenvalue weighted by atomic mass is 10.6. The number of aromatic nitrogens is 3. The molecule has 0 aliphatic heterocycles. The molecule has 0 fully saturated rings. The number of hydrogen-bond donors (Lipinski definition) is 1. The number of rotatable bonds is 3. The largest absolute Gasteiger partial charge is 0.275 e. The van der Waals surface area contributed by atoms with Crippen molar-refractivity contribution in [3.63, 3.8) is 0 Å². The summed E-state index contributed by atoms with van der Waals surface area (Å²) < 4.78 is 26.6. The first-order valence-corrected chi connectivity index (χ1v) is 7.84. The van der Waals surface area contributed by atoms with E-state index in [1.54, 1.807) is 13.8 Å². The van der Waals surface area contributed by atoms with Crippen LogP contribution in [0.15, 0.2) is 4.21 Å². The van der Waals surface area contributed by atoms with Crippen LogP contribution in [0, 0.1) is 13.8 Å². The third kappa shape index (κ3) is 2.73. The third-order valence-electron chi connectivity index (χ3n) is 1.72. The average Bonchev–Trinajstić information content (AvgIpc) is 2.72. The van der Waals surface area contributed by atoms with Crippen molar-refractivity contribution in [2.75, 3.05) is 4.72 Å². The maximum Gasteiger partial charge on any atom is 0.275 e. The van der Waals surface area contributed by atoms with Crippen LogP contribution >= 0.6 is 34.3 Å². The van der Waals surface area contributed by atoms with Crippen LogP contribution < -0.4 is 4.72 Å². The van der Waals surface area contributed by atoms with Gasteiger partial charge in [0.15, 0.2) is 8.68 Å². The summed E-state index contributed by atoms with van der Waals surface area (Å²) in [4.78, 5) is 3.86. The van der Waals surface area contributed by atoms with Crippen molar-refractivity contribution in [2.45, 2.75) is 18.1 Å². The summed E-state index contributed by atoms with van der Waals surface area (Å²) >= 11 is 7.74. The van der Waals surface area contributed by atoms with Crippen molar-refractivity contribution in [3.8, 4) is 0 Å². The predicted molar refractivity (Wildman–Crippen MR) is 67.3 cm³/mol. The van der Waals surface area contributed by atoms with E-state index in [0.29, 0.717) is 10.7 Å². The molecule has 0 bridgehead atoms. The van der Waals surface area contributed by atoms with Crippen LogP contribution in [-0.4, -0.2) is 23.6 Å². The van der Waals surface area contributed by atoms with E-state index in [1.165, 1.54) is 0 Å². The number of hydrogen-bond acceptors (Lipinski definition) is 7. The molecule has 0 aliphatic carbocycles. The molecule has 1 N–H and O–H groups in total. The molecule has 2 rings (SSSR count). The minimum Gasteiger partial charge on any atom is -0.252 e. The molecular weight excluding hydrogens is 304 g/mol. The van der Waals surface area contributed by atoms with Crippen LogP contribution in [0.25, 0.3) is 0 Å². The van der Waals surface area contributed by atoms with E-state index in [1.807, 2.05) is 0 Å². The van der Waals surface area contributed by atoms with Gasteiger partial charge in [-0.2, -0.15) is 0 Å². The number of thiazole rings is 1. The van der Waals surface area contributed by atoms with Crippen LogP contribution in [0.4, 0.5) is 5.13 Å². The molecule has 0 atom stereocenters. The number of nitrogens with one attached hydrogen (secondary N) is 1. The molecule has 17 heavy (non-hydrogen) atoms. The number of anilines is 1. The summed E-state index contributed by atoms with van der Waals surface area (Å²) in [6.07, 6.45) is 0. The smallest absolute Gasteiger partial charge is 0.252 e. The van der Waals surface area contributed by atoms with E-state index in [9.17, 15) is 8.42 Å². The number of nitrogens with zero attached hydrogens (tertiary/aromatic N) is 3. The zero-order valence-electron chi connectivity index (χ0n) is 8.76. The van der Waals surface area contributed by atoms with Gasteiger partial charge in [-0.1, -0.05) is 34.3 Å². The lowest BCUT2D eigenvalue weighted by Gasteiger charge is -2.01. The summed E-state index contributed by atoms with van der Waals surface area (Å²) in [5.74, 6) is 0. The van der Waals surface area contributed by atoms with E-state index >= 15 is 0 Å². The molecule has 0 amide bonds. The Kier molecular flexibility index (Phi) is 3.34. The van der Waals surface area contributed by atoms with E-state index < -0.39 is 10.0 Å². The van der Waals surface area contributed by atoms with Gasteiger partial charge in [0.2, 0.25) is 5.13 Å². The monoisotopic (exact) mass is 310 g/mol. The van der Waals surface area contributed by atoms with Gasteiger partial charge in [-0.3, -0.25) is 4.72 Å². The molecule has 0 radical (unpaired) electrons. The Balaban J connectivity index is 2.34. The first-order chi connectivity index (χ1) is 7.88. The predicted octanol–water partition coefficient (Wildman–Crippen LogP) is 2.07. The summed E-state index contributed by atoms with van der Waals surface area (Å²) in [5.41, 5.74) is 0.369. The molecule has 0 saturated heterocycles. The fraction of sp³-hybridized carbons (Fsp3) is 0.286. The zero-order valence-corrected chi connectivity index (χ0v) is 12.0. The first kappa shape index (κ1) is 12.7. The minimum absolute atomic E-state index is 0.0929. The number of halogens is 1. The molecule has 2 aromatic rings. The van der Waals surface area contributed by atoms with Crippen molar-refractivity contribution in [1.82, 2.24) is 15.2 Å². The SMILES string of the molecule is Cc1nnc(NS(=O)(=O)c2sc(Cl)nc2C)s1. The molecule has 0 saturated carbocycles. The molecule has 6 nitrogen and oxygen atoms in total. The Morgan fingerprint density at radius 2 is 1.94 bits per heavy atom. The third-order valence-corrected chi connectivity index (χ3v) is 5.81. The van der Waals surface area contributed by atoms with Gasteiger partial charge in [-0.05, 0) is 13.8 Å². The molecular formula is C7H7ClN4O2S3. The molecule has 92 valence electrons. The maximum absolute atomic E-state index is 12.0. The van der Waals surface area contributed by atoms with E-state index in [0.717, 1.165) is 22.7 Å². The van der Waals surface area contributed by atoms with Gasteiger partial charge < -0.3 is 0 Å². The Hall–Kier alpha value is -0.770. The van der Waals surface area contributed by atoms with Crippen molar-refractivity contribution < 1.29 is 8.42 Å². The van der Waals surface area contributed by atoms with Gasteiger partial charge in [0.1, 0.15) is 5.01 Å². The fourth-order valence-electron chi connectivity index (χ4n) is 1.10. The summed E-state index contributed by atoms with van der Waals surface area (Å²) in [6, 6.07) is 0. The highest BCUT2D eigenvalue weighted by Crippen LogP contribution is 2.28. The highest BCUT2D eigenvalue weighted by atomic mass is 35.5. The second kappa shape index (κ2) is 4.48. The van der Waals surface area contributed by atoms with Gasteiger partial charge in [-0.15, -0.1) is 10.2 Å². The van der Waals surface area contributed by atoms with E-state index in [4.69, 9.17) is 11.6 Å². The molecule has 10 heteroatoms. The highest BCUT2D eigenvalue weighted by molar-refractivity contribution is 7.95. The second-order valence-electron chi connectivity index (χ2n) is 3.07. The Bertz CT molecular complexity index is 648. The Morgan fingerprint density at radius 1 is 1.24 bits per heavy atom. The normalized spacial score (nSPS) is 11.7. The van der Waals surface area contributed by atoms with Crippen LogP contribution in [0.1, 0.15) is 10.7 Å². The van der Waals surface area contributed by atoms with Crippen molar-refractivity contribution in [3.05, 3.63) is 15.2 Å². The summed E-state index contributed by atoms with van der Waals surface area (Å²) in [5, 5.41) is 8.33. The molecule has 2 heterocycles. The van der Waals surface area contributed by atoms with Crippen molar-refractivity contribution in [2.24, 2.45) is 0 Å². The van der Waals surface area contributed by atoms with Gasteiger partial charge in [-0.25, -0.2) is 13.4 Å². The van der Waals surface area contributed by atoms with Gasteiger partial charge in [0.05, 0.1) is 5.69 Å². The van der Waals surface area contributed by atoms with Crippen LogP contribution in [0.5, 0.6) is 0 Å². The topological polar surface area (TPSA) is 84.8 Å². The maximum atomic E-state index is 12.0.